The molecule has 158 valence electrons. The topological polar surface area (TPSA) is 92.5 Å². The Kier molecular flexibility index (Phi) is 6.25. The number of amides is 1. The van der Waals surface area contributed by atoms with E-state index in [1.807, 2.05) is 30.3 Å². The molecule has 2 aromatic heterocycles. The van der Waals surface area contributed by atoms with Crippen LogP contribution >= 0.6 is 0 Å². The van der Waals surface area contributed by atoms with Gasteiger partial charge in [0.25, 0.3) is 5.91 Å². The summed E-state index contributed by atoms with van der Waals surface area (Å²) in [6.07, 6.45) is 5.03. The van der Waals surface area contributed by atoms with Crippen LogP contribution in [0.3, 0.4) is 0 Å². The Hall–Kier alpha value is -2.97. The lowest BCUT2D eigenvalue weighted by Gasteiger charge is -2.19. The zero-order valence-electron chi connectivity index (χ0n) is 17.3. The third-order valence-corrected chi connectivity index (χ3v) is 5.27. The van der Waals surface area contributed by atoms with Gasteiger partial charge in [0.1, 0.15) is 12.4 Å². The Morgan fingerprint density at radius 1 is 1.27 bits per heavy atom. The van der Waals surface area contributed by atoms with Gasteiger partial charge < -0.3 is 14.2 Å². The molecule has 2 atom stereocenters. The molecule has 1 saturated heterocycles. The Labute approximate surface area is 175 Å². The average Bonchev–Trinajstić information content (AvgIpc) is 3.41. The maximum absolute atomic E-state index is 12.7. The van der Waals surface area contributed by atoms with Crippen molar-refractivity contribution in [1.82, 2.24) is 25.9 Å². The van der Waals surface area contributed by atoms with Gasteiger partial charge in [-0.05, 0) is 37.1 Å². The van der Waals surface area contributed by atoms with Crippen molar-refractivity contribution in [3.8, 4) is 5.75 Å². The summed E-state index contributed by atoms with van der Waals surface area (Å²) < 4.78 is 11.1. The molecule has 1 fully saturated rings. The number of carbonyl (C=O) groups excluding carboxylic acids is 1. The maximum Gasteiger partial charge on any atom is 0.275 e. The van der Waals surface area contributed by atoms with E-state index in [0.29, 0.717) is 24.1 Å². The minimum Gasteiger partial charge on any atom is -0.486 e. The molecule has 0 radical (unpaired) electrons. The second kappa shape index (κ2) is 9.23. The number of hydrazine groups is 1. The Balaban J connectivity index is 1.31. The third kappa shape index (κ3) is 4.77. The summed E-state index contributed by atoms with van der Waals surface area (Å²) in [5.74, 6) is 1.04. The van der Waals surface area contributed by atoms with Crippen molar-refractivity contribution in [2.24, 2.45) is 0 Å². The molecule has 8 heteroatoms. The van der Waals surface area contributed by atoms with Gasteiger partial charge in [0.05, 0.1) is 5.52 Å². The normalized spacial score (nSPS) is 18.6. The van der Waals surface area contributed by atoms with Crippen LogP contribution < -0.4 is 15.6 Å². The minimum absolute atomic E-state index is 0.164. The molecule has 0 saturated carbocycles. The summed E-state index contributed by atoms with van der Waals surface area (Å²) in [5.41, 5.74) is 7.77. The van der Waals surface area contributed by atoms with Crippen LogP contribution in [0.15, 0.2) is 47.1 Å². The van der Waals surface area contributed by atoms with Crippen LogP contribution in [-0.4, -0.2) is 46.6 Å². The van der Waals surface area contributed by atoms with Crippen LogP contribution in [0.1, 0.15) is 42.4 Å². The number of benzene rings is 1. The third-order valence-electron chi connectivity index (χ3n) is 5.27. The number of hydrogen-bond donors (Lipinski definition) is 2. The molecule has 0 bridgehead atoms. The summed E-state index contributed by atoms with van der Waals surface area (Å²) in [4.78, 5) is 18.6. The maximum atomic E-state index is 12.7. The van der Waals surface area contributed by atoms with E-state index in [2.05, 4.69) is 27.9 Å². The van der Waals surface area contributed by atoms with Crippen LogP contribution in [0.5, 0.6) is 5.75 Å². The second-order valence-corrected chi connectivity index (χ2v) is 7.72. The second-order valence-electron chi connectivity index (χ2n) is 7.72. The molecular formula is C22H27N5O3. The van der Waals surface area contributed by atoms with Crippen molar-refractivity contribution in [1.29, 1.82) is 0 Å². The molecule has 1 aliphatic rings. The summed E-state index contributed by atoms with van der Waals surface area (Å²) in [6.45, 7) is 2.98. The van der Waals surface area contributed by atoms with Crippen LogP contribution in [0.2, 0.25) is 0 Å². The Morgan fingerprint density at radius 2 is 2.13 bits per heavy atom. The van der Waals surface area contributed by atoms with Crippen molar-refractivity contribution >= 4 is 16.8 Å². The number of ether oxygens (including phenoxy) is 1. The van der Waals surface area contributed by atoms with E-state index < -0.39 is 0 Å². The first-order chi connectivity index (χ1) is 14.6. The SMILES string of the molecule is CCCC1CC(CN(C)C(=O)c2cc(COc3ccc4ncccc4c3)on2)NN1. The summed E-state index contributed by atoms with van der Waals surface area (Å²) in [6, 6.07) is 11.9. The van der Waals surface area contributed by atoms with E-state index in [9.17, 15) is 4.79 Å². The lowest BCUT2D eigenvalue weighted by atomic mass is 10.1. The fourth-order valence-corrected chi connectivity index (χ4v) is 3.74. The first kappa shape index (κ1) is 20.3. The van der Waals surface area contributed by atoms with Crippen LogP contribution in [0.25, 0.3) is 10.9 Å². The molecule has 1 aliphatic heterocycles. The van der Waals surface area contributed by atoms with Crippen LogP contribution in [-0.2, 0) is 6.61 Å². The first-order valence-electron chi connectivity index (χ1n) is 10.3. The van der Waals surface area contributed by atoms with E-state index in [1.54, 1.807) is 24.2 Å². The highest BCUT2D eigenvalue weighted by Gasteiger charge is 2.26. The largest absolute Gasteiger partial charge is 0.486 e. The number of pyridine rings is 1. The molecule has 3 heterocycles. The van der Waals surface area contributed by atoms with E-state index in [0.717, 1.165) is 30.2 Å². The fraction of sp³-hybridized carbons (Fsp3) is 0.409. The zero-order chi connectivity index (χ0) is 20.9. The van der Waals surface area contributed by atoms with Gasteiger partial charge in [-0.1, -0.05) is 24.6 Å². The summed E-state index contributed by atoms with van der Waals surface area (Å²) >= 11 is 0. The number of rotatable bonds is 8. The van der Waals surface area contributed by atoms with Crippen molar-refractivity contribution in [2.45, 2.75) is 44.9 Å². The highest BCUT2D eigenvalue weighted by Crippen LogP contribution is 2.20. The molecule has 0 aliphatic carbocycles. The van der Waals surface area contributed by atoms with Gasteiger partial charge in [-0.3, -0.25) is 20.6 Å². The molecule has 3 aromatic rings. The smallest absolute Gasteiger partial charge is 0.275 e. The molecule has 2 N–H and O–H groups in total. The van der Waals surface area contributed by atoms with E-state index in [4.69, 9.17) is 9.26 Å². The summed E-state index contributed by atoms with van der Waals surface area (Å²) in [7, 11) is 1.78. The molecular weight excluding hydrogens is 382 g/mol. The van der Waals surface area contributed by atoms with E-state index in [1.165, 1.54) is 0 Å². The lowest BCUT2D eigenvalue weighted by molar-refractivity contribution is 0.0772. The fourth-order valence-electron chi connectivity index (χ4n) is 3.74. The molecule has 2 unspecified atom stereocenters. The highest BCUT2D eigenvalue weighted by atomic mass is 16.5. The number of aromatic nitrogens is 2. The molecule has 0 spiro atoms. The van der Waals surface area contributed by atoms with Crippen molar-refractivity contribution in [2.75, 3.05) is 13.6 Å². The monoisotopic (exact) mass is 409 g/mol. The van der Waals surface area contributed by atoms with Gasteiger partial charge in [0.2, 0.25) is 0 Å². The molecule has 8 nitrogen and oxygen atoms in total. The summed E-state index contributed by atoms with van der Waals surface area (Å²) in [5, 5.41) is 4.93. The Bertz CT molecular complexity index is 1010. The lowest BCUT2D eigenvalue weighted by Crippen LogP contribution is -2.41. The number of likely N-dealkylation sites (N-methyl/N-ethyl adjacent to an activating group) is 1. The number of carbonyl (C=O) groups is 1. The molecule has 30 heavy (non-hydrogen) atoms. The van der Waals surface area contributed by atoms with Crippen LogP contribution in [0.4, 0.5) is 0 Å². The van der Waals surface area contributed by atoms with Crippen LogP contribution in [0, 0.1) is 0 Å². The van der Waals surface area contributed by atoms with Gasteiger partial charge >= 0.3 is 0 Å². The minimum atomic E-state index is -0.164. The molecule has 4 rings (SSSR count). The number of hydrogen-bond acceptors (Lipinski definition) is 7. The Morgan fingerprint density at radius 3 is 3.00 bits per heavy atom. The van der Waals surface area contributed by atoms with Crippen molar-refractivity contribution in [3.63, 3.8) is 0 Å². The number of nitrogens with one attached hydrogen (secondary N) is 2. The number of nitrogens with zero attached hydrogens (tertiary/aromatic N) is 3. The van der Waals surface area contributed by atoms with Gasteiger partial charge in [-0.2, -0.15) is 0 Å². The first-order valence-corrected chi connectivity index (χ1v) is 10.3. The predicted molar refractivity (Wildman–Crippen MR) is 113 cm³/mol. The number of fused-ring (bicyclic) bond motifs is 1. The van der Waals surface area contributed by atoms with Crippen molar-refractivity contribution in [3.05, 3.63) is 54.0 Å². The van der Waals surface area contributed by atoms with Gasteiger partial charge in [0, 0.05) is 43.3 Å². The molecule has 1 aromatic carbocycles. The van der Waals surface area contributed by atoms with Gasteiger partial charge in [0.15, 0.2) is 11.5 Å². The quantitative estimate of drug-likeness (QED) is 0.591. The van der Waals surface area contributed by atoms with E-state index in [-0.39, 0.29) is 24.2 Å². The van der Waals surface area contributed by atoms with Crippen molar-refractivity contribution < 1.29 is 14.1 Å². The highest BCUT2D eigenvalue weighted by molar-refractivity contribution is 5.92. The van der Waals surface area contributed by atoms with E-state index >= 15 is 0 Å². The molecule has 1 amide bonds. The zero-order valence-corrected chi connectivity index (χ0v) is 17.3. The standard InChI is InChI=1S/C22H27N5O3/c1-3-5-16-11-17(25-24-16)13-27(2)22(28)21-12-19(30-26-21)14-29-18-7-8-20-15(10-18)6-4-9-23-20/h4,6-10,12,16-17,24-25H,3,5,11,13-14H2,1-2H3. The average molecular weight is 409 g/mol. The predicted octanol–water partition coefficient (Wildman–Crippen LogP) is 2.91. The van der Waals surface area contributed by atoms with Gasteiger partial charge in [-0.15, -0.1) is 0 Å². The van der Waals surface area contributed by atoms with Gasteiger partial charge in [-0.25, -0.2) is 0 Å².